The Morgan fingerprint density at radius 3 is 2.70 bits per heavy atom. The first kappa shape index (κ1) is 14.6. The van der Waals surface area contributed by atoms with Gasteiger partial charge in [0.1, 0.15) is 11.6 Å². The highest BCUT2D eigenvalue weighted by Crippen LogP contribution is 2.29. The lowest BCUT2D eigenvalue weighted by Crippen LogP contribution is -2.22. The van der Waals surface area contributed by atoms with Crippen molar-refractivity contribution in [3.8, 4) is 5.75 Å². The molecule has 0 aromatic heterocycles. The summed E-state index contributed by atoms with van der Waals surface area (Å²) in [6.07, 6.45) is 0. The molecule has 0 aliphatic rings. The largest absolute Gasteiger partial charge is 0.495 e. The zero-order valence-corrected chi connectivity index (χ0v) is 11.8. The van der Waals surface area contributed by atoms with Gasteiger partial charge in [-0.3, -0.25) is 0 Å². The van der Waals surface area contributed by atoms with Crippen LogP contribution in [0.5, 0.6) is 5.75 Å². The standard InChI is InChI=1S/C15H16ClFN2O/c1-20-15-5-3-2-4-13(15)19-14(9-18)11-7-6-10(16)8-12(11)17/h2-8,14,19H,9,18H2,1H3. The molecule has 3 N–H and O–H groups in total. The maximum Gasteiger partial charge on any atom is 0.141 e. The van der Waals surface area contributed by atoms with Gasteiger partial charge in [-0.1, -0.05) is 29.8 Å². The van der Waals surface area contributed by atoms with Crippen LogP contribution in [0, 0.1) is 5.82 Å². The number of benzene rings is 2. The predicted molar refractivity (Wildman–Crippen MR) is 79.8 cm³/mol. The lowest BCUT2D eigenvalue weighted by atomic mass is 10.1. The van der Waals surface area contributed by atoms with Crippen LogP contribution >= 0.6 is 11.6 Å². The van der Waals surface area contributed by atoms with E-state index in [0.717, 1.165) is 5.69 Å². The zero-order valence-electron chi connectivity index (χ0n) is 11.1. The van der Waals surface area contributed by atoms with Crippen molar-refractivity contribution in [1.29, 1.82) is 0 Å². The van der Waals surface area contributed by atoms with Gasteiger partial charge in [0.25, 0.3) is 0 Å². The third-order valence-electron chi connectivity index (χ3n) is 3.01. The molecule has 1 atom stereocenters. The van der Waals surface area contributed by atoms with Crippen molar-refractivity contribution in [1.82, 2.24) is 0 Å². The molecule has 3 nitrogen and oxygen atoms in total. The molecule has 0 bridgehead atoms. The van der Waals surface area contributed by atoms with E-state index in [0.29, 0.717) is 16.3 Å². The number of nitrogens with two attached hydrogens (primary N) is 1. The number of methoxy groups -OCH3 is 1. The molecule has 0 fully saturated rings. The van der Waals surface area contributed by atoms with Gasteiger partial charge in [-0.05, 0) is 24.3 Å². The third kappa shape index (κ3) is 3.21. The molecule has 2 rings (SSSR count). The maximum atomic E-state index is 14.0. The molecule has 20 heavy (non-hydrogen) atoms. The summed E-state index contributed by atoms with van der Waals surface area (Å²) in [5.74, 6) is 0.302. The van der Waals surface area contributed by atoms with Crippen molar-refractivity contribution in [2.24, 2.45) is 5.73 Å². The predicted octanol–water partition coefficient (Wildman–Crippen LogP) is 3.60. The maximum absolute atomic E-state index is 14.0. The van der Waals surface area contributed by atoms with Crippen LogP contribution in [0.15, 0.2) is 42.5 Å². The Hall–Kier alpha value is -1.78. The second-order valence-electron chi connectivity index (χ2n) is 4.30. The number of halogens is 2. The van der Waals surface area contributed by atoms with Crippen molar-refractivity contribution >= 4 is 17.3 Å². The second kappa shape index (κ2) is 6.59. The molecule has 0 saturated heterocycles. The number of rotatable bonds is 5. The van der Waals surface area contributed by atoms with Crippen LogP contribution in [-0.4, -0.2) is 13.7 Å². The van der Waals surface area contributed by atoms with Gasteiger partial charge in [0.15, 0.2) is 0 Å². The van der Waals surface area contributed by atoms with Crippen LogP contribution in [0.4, 0.5) is 10.1 Å². The van der Waals surface area contributed by atoms with Crippen LogP contribution in [-0.2, 0) is 0 Å². The number of hydrogen-bond donors (Lipinski definition) is 2. The highest BCUT2D eigenvalue weighted by Gasteiger charge is 2.16. The summed E-state index contributed by atoms with van der Waals surface area (Å²) in [6.45, 7) is 0.247. The highest BCUT2D eigenvalue weighted by molar-refractivity contribution is 6.30. The minimum absolute atomic E-state index is 0.247. The lowest BCUT2D eigenvalue weighted by Gasteiger charge is -2.20. The van der Waals surface area contributed by atoms with Gasteiger partial charge in [0, 0.05) is 17.1 Å². The van der Waals surface area contributed by atoms with Crippen molar-refractivity contribution in [2.75, 3.05) is 19.0 Å². The van der Waals surface area contributed by atoms with Gasteiger partial charge in [-0.15, -0.1) is 0 Å². The Morgan fingerprint density at radius 2 is 2.05 bits per heavy atom. The van der Waals surface area contributed by atoms with E-state index in [1.54, 1.807) is 19.2 Å². The smallest absolute Gasteiger partial charge is 0.141 e. The Labute approximate surface area is 122 Å². The molecule has 5 heteroatoms. The topological polar surface area (TPSA) is 47.3 Å². The van der Waals surface area contributed by atoms with E-state index in [4.69, 9.17) is 22.1 Å². The molecule has 106 valence electrons. The number of nitrogens with one attached hydrogen (secondary N) is 1. The zero-order chi connectivity index (χ0) is 14.5. The summed E-state index contributed by atoms with van der Waals surface area (Å²) in [5.41, 5.74) is 6.99. The first-order chi connectivity index (χ1) is 9.65. The molecule has 0 heterocycles. The van der Waals surface area contributed by atoms with E-state index < -0.39 is 0 Å². The van der Waals surface area contributed by atoms with Gasteiger partial charge < -0.3 is 15.8 Å². The molecular weight excluding hydrogens is 279 g/mol. The Balaban J connectivity index is 2.29. The van der Waals surface area contributed by atoms with E-state index >= 15 is 0 Å². The summed E-state index contributed by atoms with van der Waals surface area (Å²) in [7, 11) is 1.58. The van der Waals surface area contributed by atoms with Crippen molar-refractivity contribution < 1.29 is 9.13 Å². The summed E-state index contributed by atoms with van der Waals surface area (Å²) < 4.78 is 19.2. The molecular formula is C15H16ClFN2O. The number of ether oxygens (including phenoxy) is 1. The van der Waals surface area contributed by atoms with Gasteiger partial charge in [-0.2, -0.15) is 0 Å². The second-order valence-corrected chi connectivity index (χ2v) is 4.74. The van der Waals surface area contributed by atoms with Gasteiger partial charge in [0.05, 0.1) is 18.8 Å². The number of anilines is 1. The molecule has 0 saturated carbocycles. The normalized spacial score (nSPS) is 12.0. The van der Waals surface area contributed by atoms with E-state index in [1.165, 1.54) is 6.07 Å². The monoisotopic (exact) mass is 294 g/mol. The summed E-state index contributed by atoms with van der Waals surface area (Å²) >= 11 is 5.76. The van der Waals surface area contributed by atoms with E-state index in [9.17, 15) is 4.39 Å². The van der Waals surface area contributed by atoms with E-state index in [2.05, 4.69) is 5.32 Å². The molecule has 0 spiro atoms. The van der Waals surface area contributed by atoms with Crippen molar-refractivity contribution in [2.45, 2.75) is 6.04 Å². The van der Waals surface area contributed by atoms with Gasteiger partial charge in [-0.25, -0.2) is 4.39 Å². The average molecular weight is 295 g/mol. The minimum Gasteiger partial charge on any atom is -0.495 e. The molecule has 0 amide bonds. The van der Waals surface area contributed by atoms with Crippen LogP contribution < -0.4 is 15.8 Å². The molecule has 0 radical (unpaired) electrons. The fourth-order valence-corrected chi connectivity index (χ4v) is 2.16. The number of para-hydroxylation sites is 2. The van der Waals surface area contributed by atoms with Crippen molar-refractivity contribution in [3.05, 3.63) is 58.9 Å². The third-order valence-corrected chi connectivity index (χ3v) is 3.25. The SMILES string of the molecule is COc1ccccc1NC(CN)c1ccc(Cl)cc1F. The molecule has 2 aromatic carbocycles. The Morgan fingerprint density at radius 1 is 1.30 bits per heavy atom. The van der Waals surface area contributed by atoms with Crippen molar-refractivity contribution in [3.63, 3.8) is 0 Å². The van der Waals surface area contributed by atoms with Gasteiger partial charge in [0.2, 0.25) is 0 Å². The van der Waals surface area contributed by atoms with E-state index in [-0.39, 0.29) is 18.4 Å². The van der Waals surface area contributed by atoms with Crippen LogP contribution in [0.3, 0.4) is 0 Å². The first-order valence-electron chi connectivity index (χ1n) is 6.20. The Kier molecular flexibility index (Phi) is 4.82. The minimum atomic E-state index is -0.379. The quantitative estimate of drug-likeness (QED) is 0.886. The number of hydrogen-bond acceptors (Lipinski definition) is 3. The average Bonchev–Trinajstić information content (AvgIpc) is 2.46. The summed E-state index contributed by atoms with van der Waals surface area (Å²) in [6, 6.07) is 11.6. The highest BCUT2D eigenvalue weighted by atomic mass is 35.5. The lowest BCUT2D eigenvalue weighted by molar-refractivity contribution is 0.416. The fraction of sp³-hybridized carbons (Fsp3) is 0.200. The summed E-state index contributed by atoms with van der Waals surface area (Å²) in [5, 5.41) is 3.55. The molecule has 0 aliphatic heterocycles. The van der Waals surface area contributed by atoms with Gasteiger partial charge >= 0.3 is 0 Å². The molecule has 2 aromatic rings. The fourth-order valence-electron chi connectivity index (χ4n) is 2.00. The first-order valence-corrected chi connectivity index (χ1v) is 6.58. The molecule has 0 aliphatic carbocycles. The van der Waals surface area contributed by atoms with Crippen LogP contribution in [0.25, 0.3) is 0 Å². The Bertz CT molecular complexity index is 592. The van der Waals surface area contributed by atoms with E-state index in [1.807, 2.05) is 24.3 Å². The molecule has 1 unspecified atom stereocenters. The van der Waals surface area contributed by atoms with Crippen LogP contribution in [0.2, 0.25) is 5.02 Å². The van der Waals surface area contributed by atoms with Crippen LogP contribution in [0.1, 0.15) is 11.6 Å². The summed E-state index contributed by atoms with van der Waals surface area (Å²) in [4.78, 5) is 0.